The molecule has 0 aliphatic rings. The van der Waals surface area contributed by atoms with Crippen molar-refractivity contribution in [2.24, 2.45) is 0 Å². The van der Waals surface area contributed by atoms with Crippen LogP contribution in [0.4, 0.5) is 10.1 Å². The fraction of sp³-hybridized carbons (Fsp3) is 0.500. The van der Waals surface area contributed by atoms with E-state index in [9.17, 15) is 24.7 Å². The van der Waals surface area contributed by atoms with Crippen molar-refractivity contribution in [3.05, 3.63) is 39.7 Å². The van der Waals surface area contributed by atoms with E-state index in [0.29, 0.717) is 6.42 Å². The Hall–Kier alpha value is -1.57. The molecule has 0 heterocycles. The van der Waals surface area contributed by atoms with Crippen LogP contribution in [0.2, 0.25) is 0 Å². The Morgan fingerprint density at radius 2 is 2.05 bits per heavy atom. The van der Waals surface area contributed by atoms with Crippen LogP contribution in [-0.4, -0.2) is 33.9 Å². The van der Waals surface area contributed by atoms with Crippen molar-refractivity contribution in [1.29, 1.82) is 0 Å². The first kappa shape index (κ1) is 15.5. The van der Waals surface area contributed by atoms with Crippen LogP contribution >= 0.6 is 0 Å². The number of nitrogens with zero attached hydrogens (tertiary/aromatic N) is 1. The number of hydrogen-bond acceptors (Lipinski definition) is 5. The molecule has 0 amide bonds. The molecule has 0 aromatic heterocycles. The zero-order chi connectivity index (χ0) is 14.5. The van der Waals surface area contributed by atoms with Gasteiger partial charge in [0.1, 0.15) is 0 Å². The fourth-order valence-electron chi connectivity index (χ4n) is 1.64. The van der Waals surface area contributed by atoms with Crippen molar-refractivity contribution in [2.45, 2.75) is 25.4 Å². The van der Waals surface area contributed by atoms with E-state index in [1.165, 1.54) is 12.1 Å². The van der Waals surface area contributed by atoms with E-state index in [-0.39, 0.29) is 25.3 Å². The SMILES string of the molecule is CCC(CO)(CO)NCc1cccc([N+](=O)[O-])c1F. The minimum absolute atomic E-state index is 0.0114. The quantitative estimate of drug-likeness (QED) is 0.507. The molecular formula is C12H17FN2O4. The molecule has 0 bridgehead atoms. The van der Waals surface area contributed by atoms with Crippen LogP contribution in [0.1, 0.15) is 18.9 Å². The molecule has 3 N–H and O–H groups in total. The minimum Gasteiger partial charge on any atom is -0.394 e. The molecule has 0 saturated heterocycles. The Morgan fingerprint density at radius 3 is 2.53 bits per heavy atom. The highest BCUT2D eigenvalue weighted by Crippen LogP contribution is 2.21. The highest BCUT2D eigenvalue weighted by atomic mass is 19.1. The predicted octanol–water partition coefficient (Wildman–Crippen LogP) is 0.957. The van der Waals surface area contributed by atoms with Gasteiger partial charge in [-0.2, -0.15) is 4.39 Å². The van der Waals surface area contributed by atoms with E-state index < -0.39 is 22.0 Å². The van der Waals surface area contributed by atoms with Gasteiger partial charge >= 0.3 is 5.69 Å². The van der Waals surface area contributed by atoms with Crippen LogP contribution in [0.3, 0.4) is 0 Å². The molecule has 0 saturated carbocycles. The summed E-state index contributed by atoms with van der Waals surface area (Å²) < 4.78 is 13.8. The monoisotopic (exact) mass is 272 g/mol. The number of rotatable bonds is 7. The minimum atomic E-state index is -0.920. The summed E-state index contributed by atoms with van der Waals surface area (Å²) in [5.41, 5.74) is -1.39. The standard InChI is InChI=1S/C12H17FN2O4/c1-2-12(7-16,8-17)14-6-9-4-3-5-10(11(9)13)15(18)19/h3-5,14,16-17H,2,6-8H2,1H3. The first-order valence-corrected chi connectivity index (χ1v) is 5.88. The number of halogens is 1. The highest BCUT2D eigenvalue weighted by molar-refractivity contribution is 5.36. The number of nitro groups is 1. The molecule has 106 valence electrons. The zero-order valence-electron chi connectivity index (χ0n) is 10.6. The Balaban J connectivity index is 2.89. The average Bonchev–Trinajstić information content (AvgIpc) is 2.42. The molecule has 0 atom stereocenters. The van der Waals surface area contributed by atoms with E-state index in [0.717, 1.165) is 6.07 Å². The number of benzene rings is 1. The summed E-state index contributed by atoms with van der Waals surface area (Å²) in [7, 11) is 0. The van der Waals surface area contributed by atoms with E-state index in [4.69, 9.17) is 0 Å². The van der Waals surface area contributed by atoms with Crippen molar-refractivity contribution in [3.8, 4) is 0 Å². The highest BCUT2D eigenvalue weighted by Gasteiger charge is 2.26. The molecule has 1 aromatic rings. The van der Waals surface area contributed by atoms with Crippen LogP contribution in [-0.2, 0) is 6.54 Å². The summed E-state index contributed by atoms with van der Waals surface area (Å²) in [4.78, 5) is 9.82. The molecular weight excluding hydrogens is 255 g/mol. The maximum absolute atomic E-state index is 13.8. The van der Waals surface area contributed by atoms with Gasteiger partial charge in [0, 0.05) is 18.2 Å². The number of aliphatic hydroxyl groups is 2. The van der Waals surface area contributed by atoms with E-state index >= 15 is 0 Å². The smallest absolute Gasteiger partial charge is 0.305 e. The second-order valence-corrected chi connectivity index (χ2v) is 4.31. The van der Waals surface area contributed by atoms with Gasteiger partial charge < -0.3 is 15.5 Å². The first-order valence-electron chi connectivity index (χ1n) is 5.88. The second-order valence-electron chi connectivity index (χ2n) is 4.31. The summed E-state index contributed by atoms with van der Waals surface area (Å²) in [6, 6.07) is 3.90. The molecule has 19 heavy (non-hydrogen) atoms. The first-order chi connectivity index (χ1) is 8.99. The largest absolute Gasteiger partial charge is 0.394 e. The maximum Gasteiger partial charge on any atom is 0.305 e. The molecule has 1 aromatic carbocycles. The van der Waals surface area contributed by atoms with Gasteiger partial charge in [0.2, 0.25) is 5.82 Å². The summed E-state index contributed by atoms with van der Waals surface area (Å²) in [6.45, 7) is 1.14. The van der Waals surface area contributed by atoms with Gasteiger partial charge in [-0.15, -0.1) is 0 Å². The summed E-state index contributed by atoms with van der Waals surface area (Å²) in [5.74, 6) is -0.902. The molecule has 0 aliphatic carbocycles. The number of aliphatic hydroxyl groups excluding tert-OH is 2. The fourth-order valence-corrected chi connectivity index (χ4v) is 1.64. The third kappa shape index (κ3) is 3.46. The van der Waals surface area contributed by atoms with Crippen LogP contribution in [0.25, 0.3) is 0 Å². The second kappa shape index (κ2) is 6.55. The molecule has 0 aliphatic heterocycles. The lowest BCUT2D eigenvalue weighted by Crippen LogP contribution is -2.50. The molecule has 0 spiro atoms. The van der Waals surface area contributed by atoms with Crippen molar-refractivity contribution in [2.75, 3.05) is 13.2 Å². The normalized spacial score (nSPS) is 11.6. The molecule has 1 rings (SSSR count). The number of hydrogen-bond donors (Lipinski definition) is 3. The zero-order valence-corrected chi connectivity index (χ0v) is 10.6. The third-order valence-corrected chi connectivity index (χ3v) is 3.19. The summed E-state index contributed by atoms with van der Waals surface area (Å²) >= 11 is 0. The summed E-state index contributed by atoms with van der Waals surface area (Å²) in [6.07, 6.45) is 0.441. The molecule has 6 nitrogen and oxygen atoms in total. The average molecular weight is 272 g/mol. The lowest BCUT2D eigenvalue weighted by Gasteiger charge is -2.29. The lowest BCUT2D eigenvalue weighted by atomic mass is 9.98. The Labute approximate surface area is 110 Å². The van der Waals surface area contributed by atoms with Crippen LogP contribution in [0.5, 0.6) is 0 Å². The van der Waals surface area contributed by atoms with Crippen LogP contribution in [0, 0.1) is 15.9 Å². The Bertz CT molecular complexity index is 441. The topological polar surface area (TPSA) is 95.6 Å². The van der Waals surface area contributed by atoms with Gasteiger partial charge in [0.15, 0.2) is 0 Å². The van der Waals surface area contributed by atoms with Gasteiger partial charge in [-0.1, -0.05) is 19.1 Å². The Kier molecular flexibility index (Phi) is 5.34. The van der Waals surface area contributed by atoms with Gasteiger partial charge in [-0.25, -0.2) is 0 Å². The maximum atomic E-state index is 13.8. The molecule has 0 fully saturated rings. The van der Waals surface area contributed by atoms with Crippen LogP contribution < -0.4 is 5.32 Å². The van der Waals surface area contributed by atoms with Crippen molar-refractivity contribution in [3.63, 3.8) is 0 Å². The van der Waals surface area contributed by atoms with Crippen molar-refractivity contribution in [1.82, 2.24) is 5.32 Å². The number of nitrogens with one attached hydrogen (secondary N) is 1. The molecule has 0 unspecified atom stereocenters. The van der Waals surface area contributed by atoms with Gasteiger partial charge in [0.05, 0.1) is 23.7 Å². The van der Waals surface area contributed by atoms with E-state index in [2.05, 4.69) is 5.32 Å². The number of nitro benzene ring substituents is 1. The predicted molar refractivity (Wildman–Crippen MR) is 67.1 cm³/mol. The van der Waals surface area contributed by atoms with E-state index in [1.807, 2.05) is 0 Å². The third-order valence-electron chi connectivity index (χ3n) is 3.19. The Morgan fingerprint density at radius 1 is 1.42 bits per heavy atom. The van der Waals surface area contributed by atoms with Crippen molar-refractivity contribution < 1.29 is 19.5 Å². The van der Waals surface area contributed by atoms with E-state index in [1.54, 1.807) is 6.92 Å². The van der Waals surface area contributed by atoms with Gasteiger partial charge in [-0.3, -0.25) is 10.1 Å². The van der Waals surface area contributed by atoms with Gasteiger partial charge in [-0.05, 0) is 6.42 Å². The lowest BCUT2D eigenvalue weighted by molar-refractivity contribution is -0.387. The van der Waals surface area contributed by atoms with Crippen molar-refractivity contribution >= 4 is 5.69 Å². The van der Waals surface area contributed by atoms with Crippen LogP contribution in [0.15, 0.2) is 18.2 Å². The molecule has 0 radical (unpaired) electrons. The molecule has 7 heteroatoms. The summed E-state index contributed by atoms with van der Waals surface area (Å²) in [5, 5.41) is 31.9. The van der Waals surface area contributed by atoms with Gasteiger partial charge in [0.25, 0.3) is 0 Å².